The summed E-state index contributed by atoms with van der Waals surface area (Å²) in [6.45, 7) is 0.474. The Balaban J connectivity index is 1.66. The highest BCUT2D eigenvalue weighted by Crippen LogP contribution is 2.41. The molecule has 2 N–H and O–H groups in total. The molecule has 1 aliphatic rings. The molecule has 0 bridgehead atoms. The second-order valence-corrected chi connectivity index (χ2v) is 8.03. The number of anilines is 1. The van der Waals surface area contributed by atoms with E-state index in [0.29, 0.717) is 22.5 Å². The molecule has 5 heteroatoms. The number of carbonyl (C=O) groups excluding carboxylic acids is 2. The van der Waals surface area contributed by atoms with Crippen LogP contribution in [0.3, 0.4) is 0 Å². The molecular formula is C25H18N2O2S. The quantitative estimate of drug-likeness (QED) is 0.495. The van der Waals surface area contributed by atoms with E-state index in [4.69, 9.17) is 5.73 Å². The average Bonchev–Trinajstić information content (AvgIpc) is 3.24. The van der Waals surface area contributed by atoms with E-state index in [-0.39, 0.29) is 5.91 Å². The van der Waals surface area contributed by atoms with Gasteiger partial charge >= 0.3 is 0 Å². The van der Waals surface area contributed by atoms with E-state index in [1.165, 1.54) is 11.3 Å². The monoisotopic (exact) mass is 410 g/mol. The van der Waals surface area contributed by atoms with Gasteiger partial charge in [0.05, 0.1) is 17.8 Å². The number of rotatable bonds is 3. The van der Waals surface area contributed by atoms with Crippen molar-refractivity contribution in [1.29, 1.82) is 0 Å². The van der Waals surface area contributed by atoms with Gasteiger partial charge in [0.15, 0.2) is 0 Å². The zero-order valence-corrected chi connectivity index (χ0v) is 16.9. The average molecular weight is 410 g/mol. The number of fused-ring (bicyclic) bond motifs is 3. The van der Waals surface area contributed by atoms with Crippen LogP contribution in [0.15, 0.2) is 84.2 Å². The van der Waals surface area contributed by atoms with Crippen LogP contribution in [0.5, 0.6) is 0 Å². The van der Waals surface area contributed by atoms with E-state index in [0.717, 1.165) is 27.9 Å². The van der Waals surface area contributed by atoms with Crippen LogP contribution in [0.1, 0.15) is 25.6 Å². The zero-order chi connectivity index (χ0) is 20.7. The first-order chi connectivity index (χ1) is 14.6. The molecule has 1 aromatic heterocycles. The van der Waals surface area contributed by atoms with Crippen molar-refractivity contribution in [2.45, 2.75) is 6.54 Å². The van der Waals surface area contributed by atoms with Gasteiger partial charge in [0.1, 0.15) is 4.88 Å². The summed E-state index contributed by atoms with van der Waals surface area (Å²) in [4.78, 5) is 28.0. The fraction of sp³-hybridized carbons (Fsp3) is 0.0400. The summed E-state index contributed by atoms with van der Waals surface area (Å²) in [5.41, 5.74) is 11.7. The molecule has 0 saturated heterocycles. The van der Waals surface area contributed by atoms with Crippen LogP contribution in [0.4, 0.5) is 5.69 Å². The van der Waals surface area contributed by atoms with Crippen LogP contribution in [-0.4, -0.2) is 11.8 Å². The third kappa shape index (κ3) is 2.91. The first kappa shape index (κ1) is 18.3. The van der Waals surface area contributed by atoms with E-state index in [9.17, 15) is 9.59 Å². The lowest BCUT2D eigenvalue weighted by molar-refractivity contribution is 0.0985. The van der Waals surface area contributed by atoms with Crippen molar-refractivity contribution in [2.24, 2.45) is 5.73 Å². The molecule has 30 heavy (non-hydrogen) atoms. The highest BCUT2D eigenvalue weighted by Gasteiger charge is 2.30. The Hall–Kier alpha value is -3.70. The fourth-order valence-electron chi connectivity index (χ4n) is 4.03. The number of primary amides is 1. The molecule has 5 rings (SSSR count). The van der Waals surface area contributed by atoms with Gasteiger partial charge < -0.3 is 10.6 Å². The summed E-state index contributed by atoms with van der Waals surface area (Å²) >= 11 is 1.22. The Morgan fingerprint density at radius 1 is 0.833 bits per heavy atom. The molecule has 146 valence electrons. The minimum absolute atomic E-state index is 0.139. The topological polar surface area (TPSA) is 63.4 Å². The molecule has 1 aliphatic heterocycles. The molecule has 4 nitrogen and oxygen atoms in total. The van der Waals surface area contributed by atoms with Gasteiger partial charge in [0.25, 0.3) is 11.8 Å². The van der Waals surface area contributed by atoms with E-state index >= 15 is 0 Å². The van der Waals surface area contributed by atoms with Crippen LogP contribution in [0, 0.1) is 0 Å². The predicted octanol–water partition coefficient (Wildman–Crippen LogP) is 5.34. The van der Waals surface area contributed by atoms with Crippen molar-refractivity contribution in [1.82, 2.24) is 0 Å². The first-order valence-corrected chi connectivity index (χ1v) is 10.5. The van der Waals surface area contributed by atoms with Crippen molar-refractivity contribution in [3.63, 3.8) is 0 Å². The van der Waals surface area contributed by atoms with Gasteiger partial charge in [0.2, 0.25) is 0 Å². The lowest BCUT2D eigenvalue weighted by atomic mass is 9.92. The second kappa shape index (κ2) is 7.28. The largest absolute Gasteiger partial charge is 0.365 e. The smallest absolute Gasteiger partial charge is 0.260 e. The number of hydrogen-bond donors (Lipinski definition) is 1. The van der Waals surface area contributed by atoms with Gasteiger partial charge in [-0.2, -0.15) is 0 Å². The molecule has 0 spiro atoms. The van der Waals surface area contributed by atoms with Gasteiger partial charge in [-0.15, -0.1) is 11.3 Å². The summed E-state index contributed by atoms with van der Waals surface area (Å²) < 4.78 is 0. The van der Waals surface area contributed by atoms with E-state index in [1.807, 2.05) is 72.8 Å². The molecule has 2 heterocycles. The van der Waals surface area contributed by atoms with Gasteiger partial charge in [-0.1, -0.05) is 72.8 Å². The number of nitrogens with two attached hydrogens (primary N) is 1. The first-order valence-electron chi connectivity index (χ1n) is 9.61. The van der Waals surface area contributed by atoms with Crippen LogP contribution < -0.4 is 10.6 Å². The van der Waals surface area contributed by atoms with Crippen LogP contribution >= 0.6 is 11.3 Å². The Morgan fingerprint density at radius 3 is 2.27 bits per heavy atom. The van der Waals surface area contributed by atoms with Crippen molar-refractivity contribution < 1.29 is 9.59 Å². The van der Waals surface area contributed by atoms with Crippen LogP contribution in [0.2, 0.25) is 0 Å². The Bertz CT molecular complexity index is 1280. The Morgan fingerprint density at radius 2 is 1.50 bits per heavy atom. The SMILES string of the molecule is NC(=O)c1scc(C(=O)N2Cc3ccccc3-c3ccccc32)c1-c1ccccc1. The molecule has 0 unspecified atom stereocenters. The molecule has 0 saturated carbocycles. The number of para-hydroxylation sites is 1. The highest BCUT2D eigenvalue weighted by molar-refractivity contribution is 7.13. The van der Waals surface area contributed by atoms with Crippen LogP contribution in [0.25, 0.3) is 22.3 Å². The maximum atomic E-state index is 13.8. The minimum atomic E-state index is -0.526. The third-order valence-electron chi connectivity index (χ3n) is 5.38. The number of benzene rings is 3. The normalized spacial score (nSPS) is 12.2. The minimum Gasteiger partial charge on any atom is -0.365 e. The third-order valence-corrected chi connectivity index (χ3v) is 6.38. The lowest BCUT2D eigenvalue weighted by Crippen LogP contribution is -2.33. The van der Waals surface area contributed by atoms with E-state index < -0.39 is 5.91 Å². The maximum absolute atomic E-state index is 13.8. The summed E-state index contributed by atoms with van der Waals surface area (Å²) in [5, 5.41) is 1.74. The van der Waals surface area contributed by atoms with Gasteiger partial charge in [-0.3, -0.25) is 9.59 Å². The molecule has 2 amide bonds. The van der Waals surface area contributed by atoms with Gasteiger partial charge in [-0.25, -0.2) is 0 Å². The van der Waals surface area contributed by atoms with E-state index in [2.05, 4.69) is 6.07 Å². The molecule has 0 fully saturated rings. The molecule has 0 atom stereocenters. The molecular weight excluding hydrogens is 392 g/mol. The van der Waals surface area contributed by atoms with Crippen molar-refractivity contribution >= 4 is 28.8 Å². The van der Waals surface area contributed by atoms with E-state index in [1.54, 1.807) is 10.3 Å². The number of amides is 2. The van der Waals surface area contributed by atoms with Gasteiger partial charge in [0, 0.05) is 16.5 Å². The molecule has 4 aromatic rings. The Kier molecular flexibility index (Phi) is 4.45. The number of hydrogen-bond acceptors (Lipinski definition) is 3. The number of thiophene rings is 1. The summed E-state index contributed by atoms with van der Waals surface area (Å²) in [7, 11) is 0. The maximum Gasteiger partial charge on any atom is 0.260 e. The fourth-order valence-corrected chi connectivity index (χ4v) is 4.94. The second-order valence-electron chi connectivity index (χ2n) is 7.15. The highest BCUT2D eigenvalue weighted by atomic mass is 32.1. The zero-order valence-electron chi connectivity index (χ0n) is 16.0. The number of nitrogens with zero attached hydrogens (tertiary/aromatic N) is 1. The molecule has 3 aromatic carbocycles. The number of carbonyl (C=O) groups is 2. The standard InChI is InChI=1S/C25H18N2O2S/c26-24(28)23-22(16-8-2-1-3-9-16)20(15-30-23)25(29)27-14-17-10-4-5-11-18(17)19-12-6-7-13-21(19)27/h1-13,15H,14H2,(H2,26,28). The van der Waals surface area contributed by atoms with Crippen molar-refractivity contribution in [3.05, 3.63) is 100 Å². The van der Waals surface area contributed by atoms with Crippen molar-refractivity contribution in [2.75, 3.05) is 4.90 Å². The summed E-state index contributed by atoms with van der Waals surface area (Å²) in [5.74, 6) is -0.665. The van der Waals surface area contributed by atoms with Crippen LogP contribution in [-0.2, 0) is 6.54 Å². The molecule has 0 radical (unpaired) electrons. The summed E-state index contributed by atoms with van der Waals surface area (Å²) in [6.07, 6.45) is 0. The van der Waals surface area contributed by atoms with Crippen molar-refractivity contribution in [3.8, 4) is 22.3 Å². The summed E-state index contributed by atoms with van der Waals surface area (Å²) in [6, 6.07) is 25.5. The molecule has 0 aliphatic carbocycles. The predicted molar refractivity (Wildman–Crippen MR) is 121 cm³/mol. The Labute approximate surface area is 178 Å². The lowest BCUT2D eigenvalue weighted by Gasteiger charge is -2.31. The van der Waals surface area contributed by atoms with Gasteiger partial charge in [-0.05, 0) is 22.8 Å².